The van der Waals surface area contributed by atoms with E-state index in [4.69, 9.17) is 4.74 Å². The van der Waals surface area contributed by atoms with Gasteiger partial charge in [-0.15, -0.1) is 0 Å². The maximum Gasteiger partial charge on any atom is 0.191 e. The Morgan fingerprint density at radius 2 is 1.79 bits per heavy atom. The Hall–Kier alpha value is -2.56. The molecule has 0 aliphatic heterocycles. The first-order valence-electron chi connectivity index (χ1n) is 7.95. The van der Waals surface area contributed by atoms with Gasteiger partial charge in [-0.05, 0) is 48.2 Å². The Labute approximate surface area is 142 Å². The van der Waals surface area contributed by atoms with Gasteiger partial charge in [0.15, 0.2) is 5.96 Å². The minimum atomic E-state index is -0.210. The molecule has 2 rings (SSSR count). The van der Waals surface area contributed by atoms with Crippen LogP contribution < -0.4 is 15.4 Å². The second-order valence-electron chi connectivity index (χ2n) is 5.53. The molecule has 0 saturated heterocycles. The Morgan fingerprint density at radius 3 is 2.46 bits per heavy atom. The summed E-state index contributed by atoms with van der Waals surface area (Å²) in [4.78, 5) is 4.21. The fourth-order valence-corrected chi connectivity index (χ4v) is 2.36. The number of aryl methyl sites for hydroxylation is 1. The average Bonchev–Trinajstić information content (AvgIpc) is 2.60. The first-order valence-corrected chi connectivity index (χ1v) is 7.95. The van der Waals surface area contributed by atoms with Crippen LogP contribution in [0.2, 0.25) is 0 Å². The van der Waals surface area contributed by atoms with E-state index < -0.39 is 0 Å². The number of nitrogens with one attached hydrogen (secondary N) is 2. The van der Waals surface area contributed by atoms with Gasteiger partial charge in [-0.1, -0.05) is 24.3 Å². The Balaban J connectivity index is 1.81. The molecule has 0 amide bonds. The van der Waals surface area contributed by atoms with E-state index in [1.807, 2.05) is 19.1 Å². The summed E-state index contributed by atoms with van der Waals surface area (Å²) in [5, 5.41) is 6.53. The monoisotopic (exact) mass is 329 g/mol. The molecule has 0 aliphatic carbocycles. The molecular weight excluding hydrogens is 305 g/mol. The standard InChI is InChI=1S/C19H24FN3O/c1-14-4-5-16(12-18(14)24-3)13-23-19(21-2)22-11-10-15-6-8-17(20)9-7-15/h4-9,12H,10-11,13H2,1-3H3,(H2,21,22,23). The van der Waals surface area contributed by atoms with Gasteiger partial charge in [0.05, 0.1) is 7.11 Å². The highest BCUT2D eigenvalue weighted by Gasteiger charge is 2.02. The summed E-state index contributed by atoms with van der Waals surface area (Å²) >= 11 is 0. The zero-order valence-corrected chi connectivity index (χ0v) is 14.4. The number of halogens is 1. The fraction of sp³-hybridized carbons (Fsp3) is 0.316. The molecule has 0 bridgehead atoms. The third-order valence-electron chi connectivity index (χ3n) is 3.78. The van der Waals surface area contributed by atoms with Crippen LogP contribution in [0.15, 0.2) is 47.5 Å². The zero-order valence-electron chi connectivity index (χ0n) is 14.4. The topological polar surface area (TPSA) is 45.7 Å². The molecule has 0 aliphatic rings. The van der Waals surface area contributed by atoms with Gasteiger partial charge in [0.2, 0.25) is 0 Å². The number of hydrogen-bond acceptors (Lipinski definition) is 2. The van der Waals surface area contributed by atoms with E-state index in [0.29, 0.717) is 6.54 Å². The summed E-state index contributed by atoms with van der Waals surface area (Å²) in [6.45, 7) is 3.40. The van der Waals surface area contributed by atoms with Gasteiger partial charge in [-0.2, -0.15) is 0 Å². The summed E-state index contributed by atoms with van der Waals surface area (Å²) in [5.41, 5.74) is 3.32. The van der Waals surface area contributed by atoms with Crippen LogP contribution >= 0.6 is 0 Å². The van der Waals surface area contributed by atoms with Crippen LogP contribution in [0.5, 0.6) is 5.75 Å². The maximum atomic E-state index is 12.9. The van der Waals surface area contributed by atoms with E-state index in [-0.39, 0.29) is 5.82 Å². The number of methoxy groups -OCH3 is 1. The van der Waals surface area contributed by atoms with Crippen molar-refractivity contribution >= 4 is 5.96 Å². The average molecular weight is 329 g/mol. The van der Waals surface area contributed by atoms with E-state index in [0.717, 1.165) is 41.4 Å². The number of nitrogens with zero attached hydrogens (tertiary/aromatic N) is 1. The van der Waals surface area contributed by atoms with Crippen LogP contribution in [0.1, 0.15) is 16.7 Å². The Morgan fingerprint density at radius 1 is 1.08 bits per heavy atom. The van der Waals surface area contributed by atoms with Crippen LogP contribution in [0.4, 0.5) is 4.39 Å². The lowest BCUT2D eigenvalue weighted by molar-refractivity contribution is 0.411. The van der Waals surface area contributed by atoms with E-state index in [1.165, 1.54) is 12.1 Å². The van der Waals surface area contributed by atoms with Crippen LogP contribution in [0.3, 0.4) is 0 Å². The lowest BCUT2D eigenvalue weighted by Crippen LogP contribution is -2.37. The van der Waals surface area contributed by atoms with Crippen molar-refractivity contribution in [2.24, 2.45) is 4.99 Å². The summed E-state index contributed by atoms with van der Waals surface area (Å²) in [6, 6.07) is 12.7. The van der Waals surface area contributed by atoms with Gasteiger partial charge < -0.3 is 15.4 Å². The third kappa shape index (κ3) is 5.26. The summed E-state index contributed by atoms with van der Waals surface area (Å²) in [7, 11) is 3.42. The molecule has 128 valence electrons. The molecule has 2 N–H and O–H groups in total. The molecule has 0 unspecified atom stereocenters. The summed E-state index contributed by atoms with van der Waals surface area (Å²) in [6.07, 6.45) is 0.805. The number of rotatable bonds is 6. The van der Waals surface area contributed by atoms with Crippen molar-refractivity contribution in [1.29, 1.82) is 0 Å². The molecule has 2 aromatic carbocycles. The molecule has 2 aromatic rings. The van der Waals surface area contributed by atoms with Crippen molar-refractivity contribution in [3.63, 3.8) is 0 Å². The van der Waals surface area contributed by atoms with Crippen molar-refractivity contribution in [3.8, 4) is 5.75 Å². The molecule has 0 atom stereocenters. The van der Waals surface area contributed by atoms with Crippen LogP contribution in [-0.2, 0) is 13.0 Å². The maximum absolute atomic E-state index is 12.9. The van der Waals surface area contributed by atoms with Gasteiger partial charge in [-0.25, -0.2) is 4.39 Å². The molecule has 0 saturated carbocycles. The molecule has 0 heterocycles. The van der Waals surface area contributed by atoms with Crippen molar-refractivity contribution in [2.45, 2.75) is 19.9 Å². The predicted molar refractivity (Wildman–Crippen MR) is 96.0 cm³/mol. The second-order valence-corrected chi connectivity index (χ2v) is 5.53. The smallest absolute Gasteiger partial charge is 0.191 e. The molecule has 24 heavy (non-hydrogen) atoms. The minimum absolute atomic E-state index is 0.210. The molecule has 0 spiro atoms. The van der Waals surface area contributed by atoms with Gasteiger partial charge >= 0.3 is 0 Å². The number of guanidine groups is 1. The molecular formula is C19H24FN3O. The number of ether oxygens (including phenoxy) is 1. The van der Waals surface area contributed by atoms with E-state index >= 15 is 0 Å². The lowest BCUT2D eigenvalue weighted by Gasteiger charge is -2.13. The van der Waals surface area contributed by atoms with Gasteiger partial charge in [0.1, 0.15) is 11.6 Å². The highest BCUT2D eigenvalue weighted by molar-refractivity contribution is 5.79. The third-order valence-corrected chi connectivity index (χ3v) is 3.78. The van der Waals surface area contributed by atoms with Crippen LogP contribution in [0, 0.1) is 12.7 Å². The van der Waals surface area contributed by atoms with Crippen LogP contribution in [0.25, 0.3) is 0 Å². The first-order chi connectivity index (χ1) is 11.6. The molecule has 0 radical (unpaired) electrons. The fourth-order valence-electron chi connectivity index (χ4n) is 2.36. The molecule has 0 aromatic heterocycles. The molecule has 0 fully saturated rings. The van der Waals surface area contributed by atoms with Gasteiger partial charge in [-0.3, -0.25) is 4.99 Å². The van der Waals surface area contributed by atoms with Gasteiger partial charge in [0, 0.05) is 20.1 Å². The predicted octanol–water partition coefficient (Wildman–Crippen LogP) is 3.05. The Kier molecular flexibility index (Phi) is 6.61. The summed E-state index contributed by atoms with van der Waals surface area (Å²) < 4.78 is 18.2. The normalized spacial score (nSPS) is 11.2. The van der Waals surface area contributed by atoms with Crippen molar-refractivity contribution < 1.29 is 9.13 Å². The van der Waals surface area contributed by atoms with E-state index in [9.17, 15) is 4.39 Å². The van der Waals surface area contributed by atoms with E-state index in [1.54, 1.807) is 26.3 Å². The Bertz CT molecular complexity index is 684. The summed E-state index contributed by atoms with van der Waals surface area (Å²) in [5.74, 6) is 1.41. The van der Waals surface area contributed by atoms with E-state index in [2.05, 4.69) is 21.7 Å². The highest BCUT2D eigenvalue weighted by Crippen LogP contribution is 2.18. The zero-order chi connectivity index (χ0) is 17.4. The number of benzene rings is 2. The minimum Gasteiger partial charge on any atom is -0.496 e. The molecule has 4 nitrogen and oxygen atoms in total. The number of hydrogen-bond donors (Lipinski definition) is 2. The van der Waals surface area contributed by atoms with Crippen molar-refractivity contribution in [1.82, 2.24) is 10.6 Å². The quantitative estimate of drug-likeness (QED) is 0.632. The largest absolute Gasteiger partial charge is 0.496 e. The number of aliphatic imine (C=N–C) groups is 1. The van der Waals surface area contributed by atoms with Crippen LogP contribution in [-0.4, -0.2) is 26.7 Å². The van der Waals surface area contributed by atoms with Gasteiger partial charge in [0.25, 0.3) is 0 Å². The molecule has 5 heteroatoms. The SMILES string of the molecule is CN=C(NCCc1ccc(F)cc1)NCc1ccc(C)c(OC)c1. The first kappa shape index (κ1) is 17.8. The second kappa shape index (κ2) is 8.91. The van der Waals surface area contributed by atoms with Crippen molar-refractivity contribution in [3.05, 3.63) is 65.0 Å². The lowest BCUT2D eigenvalue weighted by atomic mass is 10.1. The van der Waals surface area contributed by atoms with Crippen molar-refractivity contribution in [2.75, 3.05) is 20.7 Å². The highest BCUT2D eigenvalue weighted by atomic mass is 19.1.